The van der Waals surface area contributed by atoms with E-state index in [9.17, 15) is 0 Å². The van der Waals surface area contributed by atoms with Gasteiger partial charge in [-0.05, 0) is 100 Å². The van der Waals surface area contributed by atoms with Crippen molar-refractivity contribution in [3.63, 3.8) is 0 Å². The highest BCUT2D eigenvalue weighted by Crippen LogP contribution is 2.46. The number of nitrogens with one attached hydrogen (secondary N) is 1. The van der Waals surface area contributed by atoms with E-state index in [2.05, 4.69) is 198 Å². The van der Waals surface area contributed by atoms with Crippen LogP contribution in [0.5, 0.6) is 0 Å². The van der Waals surface area contributed by atoms with Gasteiger partial charge in [0, 0.05) is 74.7 Å². The van der Waals surface area contributed by atoms with Crippen LogP contribution in [0.25, 0.3) is 125 Å². The van der Waals surface area contributed by atoms with Gasteiger partial charge in [0.05, 0.1) is 16.7 Å². The summed E-state index contributed by atoms with van der Waals surface area (Å²) in [6.07, 6.45) is -0.523. The maximum Gasteiger partial charge on any atom is 0.159 e. The molecule has 15 aromatic rings. The molecule has 0 radical (unpaired) electrons. The summed E-state index contributed by atoms with van der Waals surface area (Å²) in [6.45, 7) is 0. The van der Waals surface area contributed by atoms with E-state index in [1.165, 1.54) is 52.8 Å². The zero-order valence-electron chi connectivity index (χ0n) is 39.6. The van der Waals surface area contributed by atoms with Gasteiger partial charge in [-0.15, -0.1) is 11.3 Å². The maximum absolute atomic E-state index is 6.47. The predicted octanol–water partition coefficient (Wildman–Crippen LogP) is 17.9. The lowest BCUT2D eigenvalue weighted by atomic mass is 9.95. The summed E-state index contributed by atoms with van der Waals surface area (Å²) in [4.78, 5) is 11.2. The molecule has 1 aliphatic rings. The van der Waals surface area contributed by atoms with Crippen molar-refractivity contribution in [2.45, 2.75) is 6.17 Å². The molecule has 5 heterocycles. The largest absolute Gasteiger partial charge is 0.456 e. The average Bonchev–Trinajstić information content (AvgIpc) is 4.24. The summed E-state index contributed by atoms with van der Waals surface area (Å²) in [7, 11) is 0. The SMILES string of the molecule is c1ccc(-c2cccc3c2c2cc4ccccc4cc2n3-c2ccc(C3=NC(c4cccc5oc6ccccc6c45)NC(c4cccc5oc6ccccc6c45)=N3)cc2-c2cccc3sc4ccccc4c23)cc1. The highest BCUT2D eigenvalue weighted by atomic mass is 32.1. The van der Waals surface area contributed by atoms with Crippen molar-refractivity contribution >= 4 is 120 Å². The number of benzene rings is 11. The average molecular weight is 965 g/mol. The first-order chi connectivity index (χ1) is 36.7. The minimum Gasteiger partial charge on any atom is -0.456 e. The van der Waals surface area contributed by atoms with Crippen LogP contribution in [0.4, 0.5) is 0 Å². The summed E-state index contributed by atoms with van der Waals surface area (Å²) >= 11 is 1.84. The molecule has 1 atom stereocenters. The fourth-order valence-electron chi connectivity index (χ4n) is 11.8. The first-order valence-corrected chi connectivity index (χ1v) is 25.8. The van der Waals surface area contributed by atoms with Crippen LogP contribution in [-0.4, -0.2) is 16.2 Å². The first-order valence-electron chi connectivity index (χ1n) is 25.0. The van der Waals surface area contributed by atoms with Gasteiger partial charge in [0.15, 0.2) is 5.84 Å². The molecule has 1 N–H and O–H groups in total. The van der Waals surface area contributed by atoms with Crippen LogP contribution < -0.4 is 5.32 Å². The summed E-state index contributed by atoms with van der Waals surface area (Å²) in [5.41, 5.74) is 14.0. The van der Waals surface area contributed by atoms with E-state index in [0.29, 0.717) is 11.7 Å². The third-order valence-corrected chi connectivity index (χ3v) is 16.2. The minimum absolute atomic E-state index is 0.523. The molecular formula is C67H40N4O2S. The number of thiophene rings is 1. The lowest BCUT2D eigenvalue weighted by Crippen LogP contribution is -2.33. The van der Waals surface area contributed by atoms with Crippen molar-refractivity contribution in [2.24, 2.45) is 9.98 Å². The normalized spacial score (nSPS) is 14.1. The van der Waals surface area contributed by atoms with E-state index in [-0.39, 0.29) is 0 Å². The Hall–Kier alpha value is -9.56. The Morgan fingerprint density at radius 2 is 1.04 bits per heavy atom. The highest BCUT2D eigenvalue weighted by Gasteiger charge is 2.28. The topological polar surface area (TPSA) is 68.0 Å². The van der Waals surface area contributed by atoms with Crippen LogP contribution in [0.15, 0.2) is 249 Å². The molecule has 74 heavy (non-hydrogen) atoms. The summed E-state index contributed by atoms with van der Waals surface area (Å²) in [5, 5.41) is 15.2. The Morgan fingerprint density at radius 1 is 0.405 bits per heavy atom. The lowest BCUT2D eigenvalue weighted by molar-refractivity contribution is 0.662. The second-order valence-electron chi connectivity index (χ2n) is 19.2. The second-order valence-corrected chi connectivity index (χ2v) is 20.3. The number of rotatable bonds is 6. The van der Waals surface area contributed by atoms with Crippen LogP contribution in [0, 0.1) is 0 Å². The molecule has 0 spiro atoms. The summed E-state index contributed by atoms with van der Waals surface area (Å²) in [5.74, 6) is 1.33. The van der Waals surface area contributed by atoms with Crippen LogP contribution in [0.3, 0.4) is 0 Å². The van der Waals surface area contributed by atoms with Crippen molar-refractivity contribution in [3.05, 3.63) is 247 Å². The number of para-hydroxylation sites is 2. The number of fused-ring (bicyclic) bond motifs is 13. The molecule has 0 saturated carbocycles. The van der Waals surface area contributed by atoms with Crippen molar-refractivity contribution in [3.8, 4) is 27.9 Å². The number of hydrogen-bond acceptors (Lipinski definition) is 6. The molecule has 4 aromatic heterocycles. The fourth-order valence-corrected chi connectivity index (χ4v) is 13.0. The Morgan fingerprint density at radius 3 is 1.88 bits per heavy atom. The van der Waals surface area contributed by atoms with E-state index in [0.717, 1.165) is 88.4 Å². The van der Waals surface area contributed by atoms with E-state index in [1.807, 2.05) is 53.8 Å². The van der Waals surface area contributed by atoms with Gasteiger partial charge in [-0.1, -0.05) is 158 Å². The highest BCUT2D eigenvalue weighted by molar-refractivity contribution is 7.26. The van der Waals surface area contributed by atoms with Gasteiger partial charge in [-0.25, -0.2) is 9.98 Å². The van der Waals surface area contributed by atoms with Crippen LogP contribution in [0.2, 0.25) is 0 Å². The third-order valence-electron chi connectivity index (χ3n) is 15.1. The molecule has 6 nitrogen and oxygen atoms in total. The van der Waals surface area contributed by atoms with E-state index in [1.54, 1.807) is 0 Å². The molecule has 0 fully saturated rings. The van der Waals surface area contributed by atoms with E-state index in [4.69, 9.17) is 18.8 Å². The molecule has 1 aliphatic heterocycles. The molecule has 346 valence electrons. The number of aromatic nitrogens is 1. The zero-order chi connectivity index (χ0) is 48.4. The zero-order valence-corrected chi connectivity index (χ0v) is 40.4. The Balaban J connectivity index is 0.995. The Kier molecular flexibility index (Phi) is 8.87. The fraction of sp³-hybridized carbons (Fsp3) is 0.0149. The van der Waals surface area contributed by atoms with Gasteiger partial charge in [-0.2, -0.15) is 0 Å². The molecule has 0 aliphatic carbocycles. The minimum atomic E-state index is -0.523. The molecule has 0 saturated heterocycles. The van der Waals surface area contributed by atoms with Gasteiger partial charge in [0.1, 0.15) is 34.3 Å². The van der Waals surface area contributed by atoms with E-state index < -0.39 is 6.17 Å². The maximum atomic E-state index is 6.47. The Bertz CT molecular complexity index is 4900. The van der Waals surface area contributed by atoms with Crippen molar-refractivity contribution in [1.82, 2.24) is 9.88 Å². The monoisotopic (exact) mass is 964 g/mol. The number of amidine groups is 2. The summed E-state index contributed by atoms with van der Waals surface area (Å²) < 4.78 is 17.9. The third kappa shape index (κ3) is 6.17. The van der Waals surface area contributed by atoms with Crippen LogP contribution >= 0.6 is 11.3 Å². The van der Waals surface area contributed by atoms with Crippen molar-refractivity contribution in [2.75, 3.05) is 0 Å². The number of hydrogen-bond donors (Lipinski definition) is 1. The van der Waals surface area contributed by atoms with Crippen molar-refractivity contribution < 1.29 is 8.83 Å². The van der Waals surface area contributed by atoms with Gasteiger partial charge >= 0.3 is 0 Å². The van der Waals surface area contributed by atoms with E-state index >= 15 is 0 Å². The van der Waals surface area contributed by atoms with Crippen molar-refractivity contribution in [1.29, 1.82) is 0 Å². The lowest BCUT2D eigenvalue weighted by Gasteiger charge is -2.25. The molecule has 1 unspecified atom stereocenters. The standard InChI is InChI=1S/C67H40N4O2S/c1-2-16-39(17-3-1)43-23-12-27-53-61(43)51-36-40-18-4-5-19-41(40)38-54(51)71(53)52-35-34-42(37-50(52)44-24-15-33-60-64(44)47-22-8-11-32-59(47)74-60)65-68-66(48-25-13-30-57-62(48)45-20-6-9-28-55(45)72-57)70-67(69-65)49-26-14-31-58-63(49)46-21-7-10-29-56(46)73-58/h1-38,66H,(H,68,69,70). The molecule has 0 amide bonds. The predicted molar refractivity (Wildman–Crippen MR) is 308 cm³/mol. The second kappa shape index (κ2) is 16.0. The van der Waals surface area contributed by atoms with Gasteiger partial charge in [0.2, 0.25) is 0 Å². The quantitative estimate of drug-likeness (QED) is 0.181. The molecular weight excluding hydrogens is 925 g/mol. The smallest absolute Gasteiger partial charge is 0.159 e. The molecule has 16 rings (SSSR count). The molecule has 11 aromatic carbocycles. The first kappa shape index (κ1) is 41.1. The molecule has 0 bridgehead atoms. The van der Waals surface area contributed by atoms with Crippen LogP contribution in [0.1, 0.15) is 22.9 Å². The van der Waals surface area contributed by atoms with Crippen LogP contribution in [-0.2, 0) is 0 Å². The Labute approximate surface area is 427 Å². The van der Waals surface area contributed by atoms with Gasteiger partial charge < -0.3 is 18.7 Å². The van der Waals surface area contributed by atoms with Gasteiger partial charge in [-0.3, -0.25) is 0 Å². The number of furan rings is 2. The molecule has 7 heteroatoms. The number of nitrogens with zero attached hydrogens (tertiary/aromatic N) is 3. The number of aliphatic imine (C=N–C) groups is 2. The van der Waals surface area contributed by atoms with Gasteiger partial charge in [0.25, 0.3) is 0 Å². The summed E-state index contributed by atoms with van der Waals surface area (Å²) in [6, 6.07) is 82.3.